The van der Waals surface area contributed by atoms with E-state index in [0.29, 0.717) is 37.5 Å². The maximum atomic E-state index is 14.3. The number of hydrogen-bond donors (Lipinski definition) is 2. The van der Waals surface area contributed by atoms with E-state index in [9.17, 15) is 9.50 Å². The molecule has 1 aromatic heterocycles. The van der Waals surface area contributed by atoms with Gasteiger partial charge in [0.05, 0.1) is 5.54 Å². The Morgan fingerprint density at radius 1 is 1.05 bits per heavy atom. The Hall–Kier alpha value is -3.17. The van der Waals surface area contributed by atoms with E-state index < -0.39 is 6.17 Å². The molecule has 4 atom stereocenters. The Kier molecular flexibility index (Phi) is 6.00. The number of alkyl halides is 1. The summed E-state index contributed by atoms with van der Waals surface area (Å²) in [5.74, 6) is 1.44. The minimum Gasteiger partial charge on any atom is -0.508 e. The molecule has 4 saturated heterocycles. The number of benzene rings is 2. The number of nitrogens with zero attached hydrogens (tertiary/aromatic N) is 4. The van der Waals surface area contributed by atoms with E-state index in [1.54, 1.807) is 12.1 Å². The Morgan fingerprint density at radius 2 is 1.89 bits per heavy atom. The number of phenolic OH excluding ortho intramolecular Hbond substituents is 1. The first-order valence-electron chi connectivity index (χ1n) is 13.8. The first-order valence-corrected chi connectivity index (χ1v) is 13.8. The van der Waals surface area contributed by atoms with E-state index >= 15 is 0 Å². The number of hydrogen-bond acceptors (Lipinski definition) is 8. The van der Waals surface area contributed by atoms with Crippen molar-refractivity contribution < 1.29 is 19.0 Å². The highest BCUT2D eigenvalue weighted by atomic mass is 19.1. The van der Waals surface area contributed by atoms with Gasteiger partial charge in [0.25, 0.3) is 0 Å². The van der Waals surface area contributed by atoms with Crippen LogP contribution in [0, 0.1) is 0 Å². The molecule has 2 N–H and O–H groups in total. The summed E-state index contributed by atoms with van der Waals surface area (Å²) in [7, 11) is 0. The van der Waals surface area contributed by atoms with Crippen LogP contribution in [-0.4, -0.2) is 76.6 Å². The monoisotopic (exact) mass is 519 g/mol. The van der Waals surface area contributed by atoms with Crippen LogP contribution in [0.1, 0.15) is 37.7 Å². The van der Waals surface area contributed by atoms with Crippen molar-refractivity contribution >= 4 is 16.6 Å². The van der Waals surface area contributed by atoms with Crippen molar-refractivity contribution in [2.45, 2.75) is 62.5 Å². The van der Waals surface area contributed by atoms with E-state index in [1.807, 2.05) is 30.3 Å². The molecule has 0 saturated carbocycles. The molecule has 2 bridgehead atoms. The zero-order valence-electron chi connectivity index (χ0n) is 21.5. The lowest BCUT2D eigenvalue weighted by atomic mass is 9.95. The molecule has 0 spiro atoms. The van der Waals surface area contributed by atoms with Gasteiger partial charge in [-0.2, -0.15) is 9.97 Å². The molecule has 0 unspecified atom stereocenters. The van der Waals surface area contributed by atoms with Crippen molar-refractivity contribution in [2.75, 3.05) is 37.7 Å². The van der Waals surface area contributed by atoms with Gasteiger partial charge in [0.2, 0.25) is 5.88 Å². The second-order valence-corrected chi connectivity index (χ2v) is 11.4. The average molecular weight is 520 g/mol. The molecule has 38 heavy (non-hydrogen) atoms. The zero-order chi connectivity index (χ0) is 25.7. The number of rotatable bonds is 7. The smallest absolute Gasteiger partial charge is 0.322 e. The summed E-state index contributed by atoms with van der Waals surface area (Å²) >= 11 is 0. The summed E-state index contributed by atoms with van der Waals surface area (Å²) in [6.45, 7) is 3.80. The van der Waals surface area contributed by atoms with Crippen LogP contribution >= 0.6 is 0 Å². The van der Waals surface area contributed by atoms with Crippen molar-refractivity contribution in [1.82, 2.24) is 20.2 Å². The highest BCUT2D eigenvalue weighted by Crippen LogP contribution is 2.40. The second kappa shape index (κ2) is 9.54. The van der Waals surface area contributed by atoms with E-state index in [2.05, 4.69) is 20.1 Å². The average Bonchev–Trinajstić information content (AvgIpc) is 3.56. The van der Waals surface area contributed by atoms with Crippen LogP contribution in [0.2, 0.25) is 0 Å². The molecule has 4 aliphatic heterocycles. The van der Waals surface area contributed by atoms with Crippen LogP contribution in [-0.2, 0) is 6.61 Å². The fourth-order valence-corrected chi connectivity index (χ4v) is 6.97. The zero-order valence-corrected chi connectivity index (χ0v) is 21.5. The van der Waals surface area contributed by atoms with Crippen LogP contribution in [0.4, 0.5) is 10.2 Å². The summed E-state index contributed by atoms with van der Waals surface area (Å²) < 4.78 is 26.7. The number of anilines is 1. The second-order valence-electron chi connectivity index (χ2n) is 11.4. The van der Waals surface area contributed by atoms with E-state index in [-0.39, 0.29) is 23.9 Å². The molecule has 5 heterocycles. The quantitative estimate of drug-likeness (QED) is 0.488. The van der Waals surface area contributed by atoms with Crippen LogP contribution in [0.25, 0.3) is 10.8 Å². The lowest BCUT2D eigenvalue weighted by Gasteiger charge is -2.34. The maximum absolute atomic E-state index is 14.3. The number of aromatic nitrogens is 2. The van der Waals surface area contributed by atoms with Gasteiger partial charge < -0.3 is 24.8 Å². The summed E-state index contributed by atoms with van der Waals surface area (Å²) in [5.41, 5.74) is 0.609. The largest absolute Gasteiger partial charge is 0.508 e. The third-order valence-electron chi connectivity index (χ3n) is 8.75. The van der Waals surface area contributed by atoms with Gasteiger partial charge in [0.1, 0.15) is 31.0 Å². The van der Waals surface area contributed by atoms with E-state index in [4.69, 9.17) is 14.5 Å². The molecule has 8 nitrogen and oxygen atoms in total. The van der Waals surface area contributed by atoms with Crippen LogP contribution < -0.4 is 19.7 Å². The number of nitrogens with one attached hydrogen (secondary N) is 1. The fraction of sp³-hybridized carbons (Fsp3) is 0.517. The first kappa shape index (κ1) is 23.9. The Morgan fingerprint density at radius 3 is 2.76 bits per heavy atom. The molecule has 9 heteroatoms. The minimum absolute atomic E-state index is 0.195. The van der Waals surface area contributed by atoms with Crippen molar-refractivity contribution in [3.8, 4) is 17.6 Å². The van der Waals surface area contributed by atoms with E-state index in [0.717, 1.165) is 54.6 Å². The number of fused-ring (bicyclic) bond motifs is 4. The van der Waals surface area contributed by atoms with Crippen molar-refractivity contribution in [1.29, 1.82) is 0 Å². The van der Waals surface area contributed by atoms with Crippen molar-refractivity contribution in [2.24, 2.45) is 0 Å². The lowest BCUT2D eigenvalue weighted by molar-refractivity contribution is 0.109. The van der Waals surface area contributed by atoms with Gasteiger partial charge >= 0.3 is 6.01 Å². The minimum atomic E-state index is -0.799. The number of halogens is 1. The van der Waals surface area contributed by atoms with Crippen molar-refractivity contribution in [3.63, 3.8) is 0 Å². The molecule has 2 aromatic carbocycles. The van der Waals surface area contributed by atoms with Crippen molar-refractivity contribution in [3.05, 3.63) is 48.0 Å². The summed E-state index contributed by atoms with van der Waals surface area (Å²) in [6, 6.07) is 14.4. The molecule has 3 aromatic rings. The lowest BCUT2D eigenvalue weighted by Crippen LogP contribution is -2.51. The Labute approximate surface area is 221 Å². The summed E-state index contributed by atoms with van der Waals surface area (Å²) in [6.07, 6.45) is 4.08. The van der Waals surface area contributed by atoms with Gasteiger partial charge in [-0.3, -0.25) is 4.90 Å². The Balaban J connectivity index is 1.16. The SMILES string of the molecule is Oc1cc(COc2nc(OC[C@@]34CCCN3C[C@H](F)C4)cc(N3C[C@H]4CC[C@@H](C3)N4)n2)c2ccccc2c1. The topological polar surface area (TPSA) is 83.0 Å². The van der Waals surface area contributed by atoms with Crippen LogP contribution in [0.15, 0.2) is 42.5 Å². The number of phenols is 1. The molecule has 7 rings (SSSR count). The van der Waals surface area contributed by atoms with Gasteiger partial charge in [-0.25, -0.2) is 4.39 Å². The number of aromatic hydroxyl groups is 1. The normalized spacial score (nSPS) is 28.7. The van der Waals surface area contributed by atoms with Gasteiger partial charge in [-0.05, 0) is 55.1 Å². The van der Waals surface area contributed by atoms with Crippen LogP contribution in [0.5, 0.6) is 17.6 Å². The molecule has 0 amide bonds. The molecular formula is C29H34FN5O3. The molecule has 200 valence electrons. The molecule has 4 fully saturated rings. The third-order valence-corrected chi connectivity index (χ3v) is 8.75. The standard InChI is InChI=1S/C29H34FN5O3/c30-21-13-29(8-3-9-35(29)14-21)18-38-27-12-26(34-15-22-6-7-23(16-34)31-22)32-28(33-27)37-17-20-11-24(36)10-19-4-1-2-5-25(19)20/h1-2,4-5,10-12,21-23,31,36H,3,6-9,13-18H2/t21-,22-,23+,29+/m1/s1. The summed E-state index contributed by atoms with van der Waals surface area (Å²) in [4.78, 5) is 13.9. The van der Waals surface area contributed by atoms with Gasteiger partial charge in [0.15, 0.2) is 0 Å². The van der Waals surface area contributed by atoms with Crippen LogP contribution in [0.3, 0.4) is 0 Å². The maximum Gasteiger partial charge on any atom is 0.322 e. The number of piperazine rings is 1. The predicted molar refractivity (Wildman–Crippen MR) is 143 cm³/mol. The van der Waals surface area contributed by atoms with Gasteiger partial charge in [0, 0.05) is 49.8 Å². The highest BCUT2D eigenvalue weighted by Gasteiger charge is 2.49. The first-order chi connectivity index (χ1) is 18.5. The molecule has 0 aliphatic carbocycles. The number of ether oxygens (including phenoxy) is 2. The summed E-state index contributed by atoms with van der Waals surface area (Å²) in [5, 5.41) is 15.9. The molecular weight excluding hydrogens is 485 g/mol. The van der Waals surface area contributed by atoms with E-state index in [1.165, 1.54) is 12.8 Å². The third kappa shape index (κ3) is 4.52. The highest BCUT2D eigenvalue weighted by molar-refractivity contribution is 5.87. The molecule has 4 aliphatic rings. The molecule has 0 radical (unpaired) electrons. The predicted octanol–water partition coefficient (Wildman–Crippen LogP) is 3.81. The Bertz CT molecular complexity index is 1330. The van der Waals surface area contributed by atoms with Gasteiger partial charge in [-0.15, -0.1) is 0 Å². The fourth-order valence-electron chi connectivity index (χ4n) is 6.97. The van der Waals surface area contributed by atoms with Gasteiger partial charge in [-0.1, -0.05) is 24.3 Å².